The highest BCUT2D eigenvalue weighted by Gasteiger charge is 2.48. The molecule has 0 spiro atoms. The van der Waals surface area contributed by atoms with E-state index in [-0.39, 0.29) is 28.2 Å². The molecular formula is C25H19ClFNO5. The van der Waals surface area contributed by atoms with E-state index in [1.54, 1.807) is 48.5 Å². The first kappa shape index (κ1) is 22.4. The molecule has 33 heavy (non-hydrogen) atoms. The zero-order valence-electron chi connectivity index (χ0n) is 17.7. The molecule has 3 aromatic rings. The molecule has 1 aliphatic rings. The van der Waals surface area contributed by atoms with Gasteiger partial charge in [-0.15, -0.1) is 0 Å². The predicted octanol–water partition coefficient (Wildman–Crippen LogP) is 5.12. The highest BCUT2D eigenvalue weighted by molar-refractivity contribution is 6.51. The fourth-order valence-corrected chi connectivity index (χ4v) is 4.04. The minimum absolute atomic E-state index is 0.0436. The summed E-state index contributed by atoms with van der Waals surface area (Å²) in [5.41, 5.74) is 0.156. The van der Waals surface area contributed by atoms with Crippen molar-refractivity contribution in [2.24, 2.45) is 0 Å². The number of carbonyl (C=O) groups is 2. The van der Waals surface area contributed by atoms with Crippen molar-refractivity contribution in [1.82, 2.24) is 0 Å². The molecule has 3 aromatic carbocycles. The molecule has 1 fully saturated rings. The highest BCUT2D eigenvalue weighted by atomic mass is 35.5. The van der Waals surface area contributed by atoms with Gasteiger partial charge in [-0.1, -0.05) is 35.9 Å². The van der Waals surface area contributed by atoms with Crippen molar-refractivity contribution in [3.8, 4) is 11.5 Å². The number of rotatable bonds is 5. The number of ether oxygens (including phenoxy) is 2. The second-order valence-corrected chi connectivity index (χ2v) is 7.64. The molecule has 168 valence electrons. The molecule has 8 heteroatoms. The summed E-state index contributed by atoms with van der Waals surface area (Å²) in [6, 6.07) is 15.5. The van der Waals surface area contributed by atoms with Gasteiger partial charge >= 0.3 is 0 Å². The topological polar surface area (TPSA) is 76.1 Å². The number of ketones is 1. The third-order valence-electron chi connectivity index (χ3n) is 5.41. The number of amides is 1. The zero-order valence-corrected chi connectivity index (χ0v) is 18.5. The lowest BCUT2D eigenvalue weighted by Crippen LogP contribution is -2.29. The standard InChI is InChI=1S/C25H19ClFNO5/c1-32-18-8-5-9-19(33-2)20(18)23(29)21-22(16-6-3-4-7-17(16)27)28(25(31)24(21)30)15-12-10-14(26)11-13-15/h3-13,22,29H,1-2H3/b23-21+. The summed E-state index contributed by atoms with van der Waals surface area (Å²) in [5.74, 6) is -2.62. The predicted molar refractivity (Wildman–Crippen MR) is 122 cm³/mol. The van der Waals surface area contributed by atoms with Crippen LogP contribution < -0.4 is 14.4 Å². The summed E-state index contributed by atoms with van der Waals surface area (Å²) < 4.78 is 25.6. The molecular weight excluding hydrogens is 449 g/mol. The van der Waals surface area contributed by atoms with Crippen molar-refractivity contribution in [2.45, 2.75) is 6.04 Å². The number of aliphatic hydroxyl groups is 1. The normalized spacial score (nSPS) is 17.3. The van der Waals surface area contributed by atoms with Gasteiger partial charge in [-0.3, -0.25) is 14.5 Å². The van der Waals surface area contributed by atoms with Crippen molar-refractivity contribution in [2.75, 3.05) is 19.1 Å². The summed E-state index contributed by atoms with van der Waals surface area (Å²) in [7, 11) is 2.79. The van der Waals surface area contributed by atoms with Crippen LogP contribution in [-0.4, -0.2) is 31.0 Å². The van der Waals surface area contributed by atoms with Gasteiger partial charge < -0.3 is 14.6 Å². The van der Waals surface area contributed by atoms with E-state index in [0.717, 1.165) is 4.90 Å². The van der Waals surface area contributed by atoms with Crippen molar-refractivity contribution in [1.29, 1.82) is 0 Å². The first-order chi connectivity index (χ1) is 15.9. The summed E-state index contributed by atoms with van der Waals surface area (Å²) >= 11 is 5.98. The number of methoxy groups -OCH3 is 2. The molecule has 1 aliphatic heterocycles. The van der Waals surface area contributed by atoms with Crippen molar-refractivity contribution in [3.63, 3.8) is 0 Å². The number of anilines is 1. The van der Waals surface area contributed by atoms with Gasteiger partial charge in [-0.05, 0) is 42.5 Å². The van der Waals surface area contributed by atoms with E-state index < -0.39 is 29.3 Å². The van der Waals surface area contributed by atoms with Crippen LogP contribution in [0.15, 0.2) is 72.3 Å². The van der Waals surface area contributed by atoms with Crippen LogP contribution in [0.5, 0.6) is 11.5 Å². The van der Waals surface area contributed by atoms with Crippen LogP contribution >= 0.6 is 11.6 Å². The molecule has 0 aromatic heterocycles. The molecule has 0 saturated carbocycles. The average Bonchev–Trinajstić information content (AvgIpc) is 3.09. The summed E-state index contributed by atoms with van der Waals surface area (Å²) in [6.07, 6.45) is 0. The highest BCUT2D eigenvalue weighted by Crippen LogP contribution is 2.45. The van der Waals surface area contributed by atoms with Gasteiger partial charge in [-0.25, -0.2) is 4.39 Å². The molecule has 1 atom stereocenters. The smallest absolute Gasteiger partial charge is 0.300 e. The molecule has 0 radical (unpaired) electrons. The zero-order chi connectivity index (χ0) is 23.7. The number of carbonyl (C=O) groups excluding carboxylic acids is 2. The maximum atomic E-state index is 15.0. The molecule has 1 unspecified atom stereocenters. The summed E-state index contributed by atoms with van der Waals surface area (Å²) in [6.45, 7) is 0. The number of hydrogen-bond acceptors (Lipinski definition) is 5. The molecule has 4 rings (SSSR count). The van der Waals surface area contributed by atoms with Crippen LogP contribution in [0, 0.1) is 5.82 Å². The van der Waals surface area contributed by atoms with E-state index in [1.165, 1.54) is 32.4 Å². The van der Waals surface area contributed by atoms with Gasteiger partial charge in [0.15, 0.2) is 0 Å². The van der Waals surface area contributed by atoms with Crippen molar-refractivity contribution >= 4 is 34.7 Å². The van der Waals surface area contributed by atoms with Crippen LogP contribution in [0.4, 0.5) is 10.1 Å². The van der Waals surface area contributed by atoms with Gasteiger partial charge in [0.05, 0.1) is 25.8 Å². The van der Waals surface area contributed by atoms with Gasteiger partial charge in [0.25, 0.3) is 11.7 Å². The molecule has 1 saturated heterocycles. The first-order valence-electron chi connectivity index (χ1n) is 9.91. The fraction of sp³-hybridized carbons (Fsp3) is 0.120. The van der Waals surface area contributed by atoms with E-state index >= 15 is 0 Å². The van der Waals surface area contributed by atoms with Crippen LogP contribution in [0.3, 0.4) is 0 Å². The molecule has 6 nitrogen and oxygen atoms in total. The van der Waals surface area contributed by atoms with E-state index in [0.29, 0.717) is 10.7 Å². The Kier molecular flexibility index (Phi) is 6.07. The Labute approximate surface area is 194 Å². The number of aliphatic hydroxyl groups excluding tert-OH is 1. The largest absolute Gasteiger partial charge is 0.506 e. The molecule has 0 bridgehead atoms. The molecule has 1 amide bonds. The van der Waals surface area contributed by atoms with E-state index in [4.69, 9.17) is 21.1 Å². The van der Waals surface area contributed by atoms with Crippen molar-refractivity contribution in [3.05, 3.63) is 94.3 Å². The number of nitrogens with zero attached hydrogens (tertiary/aromatic N) is 1. The first-order valence-corrected chi connectivity index (χ1v) is 10.3. The SMILES string of the molecule is COc1cccc(OC)c1/C(O)=C1\C(=O)C(=O)N(c2ccc(Cl)cc2)C1c1ccccc1F. The summed E-state index contributed by atoms with van der Waals surface area (Å²) in [4.78, 5) is 27.5. The minimum atomic E-state index is -1.23. The lowest BCUT2D eigenvalue weighted by Gasteiger charge is -2.26. The van der Waals surface area contributed by atoms with Crippen LogP contribution in [-0.2, 0) is 9.59 Å². The monoisotopic (exact) mass is 467 g/mol. The Bertz CT molecular complexity index is 1250. The Morgan fingerprint density at radius 3 is 2.12 bits per heavy atom. The second-order valence-electron chi connectivity index (χ2n) is 7.20. The Hall–Kier alpha value is -3.84. The number of hydrogen-bond donors (Lipinski definition) is 1. The Balaban J connectivity index is 2.03. The third kappa shape index (κ3) is 3.81. The fourth-order valence-electron chi connectivity index (χ4n) is 3.91. The van der Waals surface area contributed by atoms with Gasteiger partial charge in [0.1, 0.15) is 28.6 Å². The van der Waals surface area contributed by atoms with Gasteiger partial charge in [-0.2, -0.15) is 0 Å². The van der Waals surface area contributed by atoms with Crippen LogP contribution in [0.1, 0.15) is 17.2 Å². The molecule has 0 aliphatic carbocycles. The molecule has 1 N–H and O–H groups in total. The Morgan fingerprint density at radius 2 is 1.55 bits per heavy atom. The lowest BCUT2D eigenvalue weighted by molar-refractivity contribution is -0.132. The van der Waals surface area contributed by atoms with Gasteiger partial charge in [0.2, 0.25) is 0 Å². The Morgan fingerprint density at radius 1 is 0.939 bits per heavy atom. The maximum absolute atomic E-state index is 15.0. The molecule has 1 heterocycles. The van der Waals surface area contributed by atoms with Crippen LogP contribution in [0.2, 0.25) is 5.02 Å². The minimum Gasteiger partial charge on any atom is -0.506 e. The average molecular weight is 468 g/mol. The van der Waals surface area contributed by atoms with E-state index in [1.807, 2.05) is 0 Å². The number of Topliss-reactive ketones (excluding diaryl/α,β-unsaturated/α-hetero) is 1. The third-order valence-corrected chi connectivity index (χ3v) is 5.67. The second kappa shape index (κ2) is 8.96. The quantitative estimate of drug-likeness (QED) is 0.320. The van der Waals surface area contributed by atoms with E-state index in [2.05, 4.69) is 0 Å². The van der Waals surface area contributed by atoms with Crippen LogP contribution in [0.25, 0.3) is 5.76 Å². The van der Waals surface area contributed by atoms with Crippen molar-refractivity contribution < 1.29 is 28.6 Å². The summed E-state index contributed by atoms with van der Waals surface area (Å²) in [5, 5.41) is 11.8. The number of halogens is 2. The van der Waals surface area contributed by atoms with E-state index in [9.17, 15) is 19.1 Å². The number of benzene rings is 3. The lowest BCUT2D eigenvalue weighted by atomic mass is 9.94. The maximum Gasteiger partial charge on any atom is 0.300 e. The van der Waals surface area contributed by atoms with Gasteiger partial charge in [0, 0.05) is 16.3 Å².